The number of amides is 1. The van der Waals surface area contributed by atoms with Crippen molar-refractivity contribution in [3.63, 3.8) is 0 Å². The molecule has 0 aliphatic carbocycles. The number of hydrogen-bond acceptors (Lipinski definition) is 5. The van der Waals surface area contributed by atoms with Crippen LogP contribution in [-0.2, 0) is 14.9 Å². The van der Waals surface area contributed by atoms with Crippen molar-refractivity contribution < 1.29 is 9.53 Å². The predicted octanol–water partition coefficient (Wildman–Crippen LogP) is 2.88. The Balaban J connectivity index is 1.78. The molecule has 0 bridgehead atoms. The van der Waals surface area contributed by atoms with Crippen LogP contribution in [0.1, 0.15) is 45.7 Å². The molecular weight excluding hydrogens is 298 g/mol. The topological polar surface area (TPSA) is 54.5 Å². The number of anilines is 1. The molecule has 1 fully saturated rings. The maximum absolute atomic E-state index is 12.1. The van der Waals surface area contributed by atoms with E-state index in [1.807, 2.05) is 17.3 Å². The Bertz CT molecular complexity index is 490. The van der Waals surface area contributed by atoms with E-state index in [0.29, 0.717) is 11.7 Å². The van der Waals surface area contributed by atoms with Crippen LogP contribution in [0.5, 0.6) is 0 Å². The van der Waals surface area contributed by atoms with Crippen LogP contribution in [0, 0.1) is 0 Å². The number of ether oxygens (including phenoxy) is 1. The average Bonchev–Trinajstić information content (AvgIpc) is 2.87. The van der Waals surface area contributed by atoms with Gasteiger partial charge < -0.3 is 10.1 Å². The maximum Gasteiger partial charge on any atom is 0.240 e. The summed E-state index contributed by atoms with van der Waals surface area (Å²) in [6.07, 6.45) is 3.73. The predicted molar refractivity (Wildman–Crippen MR) is 90.5 cm³/mol. The fourth-order valence-corrected chi connectivity index (χ4v) is 3.40. The van der Waals surface area contributed by atoms with Gasteiger partial charge in [0.15, 0.2) is 5.13 Å². The van der Waals surface area contributed by atoms with E-state index in [-0.39, 0.29) is 17.4 Å². The number of nitrogens with zero attached hydrogens (tertiary/aromatic N) is 2. The van der Waals surface area contributed by atoms with Crippen molar-refractivity contribution in [2.45, 2.75) is 51.6 Å². The number of nitrogens with one attached hydrogen (secondary N) is 1. The van der Waals surface area contributed by atoms with E-state index in [9.17, 15) is 4.79 Å². The van der Waals surface area contributed by atoms with Crippen LogP contribution in [0.25, 0.3) is 0 Å². The van der Waals surface area contributed by atoms with Gasteiger partial charge in [0.2, 0.25) is 5.91 Å². The van der Waals surface area contributed by atoms with Crippen LogP contribution in [0.15, 0.2) is 5.38 Å². The van der Waals surface area contributed by atoms with Gasteiger partial charge in [-0.25, -0.2) is 4.98 Å². The first-order valence-corrected chi connectivity index (χ1v) is 8.78. The largest absolute Gasteiger partial charge is 0.377 e. The lowest BCUT2D eigenvalue weighted by Crippen LogP contribution is -2.37. The summed E-state index contributed by atoms with van der Waals surface area (Å²) >= 11 is 1.48. The van der Waals surface area contributed by atoms with E-state index >= 15 is 0 Å². The number of thiazole rings is 1. The van der Waals surface area contributed by atoms with Gasteiger partial charge in [-0.3, -0.25) is 9.69 Å². The Morgan fingerprint density at radius 1 is 1.50 bits per heavy atom. The van der Waals surface area contributed by atoms with E-state index in [0.717, 1.165) is 31.7 Å². The molecule has 1 atom stereocenters. The van der Waals surface area contributed by atoms with Crippen LogP contribution < -0.4 is 5.32 Å². The van der Waals surface area contributed by atoms with E-state index in [1.54, 1.807) is 0 Å². The van der Waals surface area contributed by atoms with E-state index in [2.05, 4.69) is 31.1 Å². The quantitative estimate of drug-likeness (QED) is 0.904. The molecule has 1 aliphatic heterocycles. The summed E-state index contributed by atoms with van der Waals surface area (Å²) in [5.74, 6) is -0.0203. The second kappa shape index (κ2) is 7.53. The molecular formula is C16H27N3O2S. The van der Waals surface area contributed by atoms with Crippen molar-refractivity contribution in [3.05, 3.63) is 11.1 Å². The van der Waals surface area contributed by atoms with Crippen LogP contribution in [0.3, 0.4) is 0 Å². The zero-order valence-corrected chi connectivity index (χ0v) is 14.8. The second-order valence-electron chi connectivity index (χ2n) is 7.02. The zero-order valence-electron chi connectivity index (χ0n) is 14.0. The third-order valence-corrected chi connectivity index (χ3v) is 4.48. The highest BCUT2D eigenvalue weighted by atomic mass is 32.1. The Morgan fingerprint density at radius 3 is 2.86 bits per heavy atom. The molecule has 22 heavy (non-hydrogen) atoms. The van der Waals surface area contributed by atoms with Crippen molar-refractivity contribution >= 4 is 22.4 Å². The van der Waals surface area contributed by atoms with Gasteiger partial charge in [-0.15, -0.1) is 11.3 Å². The number of aromatic nitrogens is 1. The summed E-state index contributed by atoms with van der Waals surface area (Å²) in [4.78, 5) is 18.6. The van der Waals surface area contributed by atoms with E-state index < -0.39 is 0 Å². The molecule has 0 saturated carbocycles. The molecule has 1 unspecified atom stereocenters. The molecule has 0 radical (unpaired) electrons. The van der Waals surface area contributed by atoms with Crippen LogP contribution in [-0.4, -0.2) is 48.6 Å². The fraction of sp³-hybridized carbons (Fsp3) is 0.750. The molecule has 124 valence electrons. The molecule has 1 aromatic heterocycles. The molecule has 1 saturated heterocycles. The third-order valence-electron chi connectivity index (χ3n) is 3.72. The lowest BCUT2D eigenvalue weighted by molar-refractivity contribution is -0.117. The lowest BCUT2D eigenvalue weighted by atomic mass is 9.93. The Labute approximate surface area is 137 Å². The minimum Gasteiger partial charge on any atom is -0.377 e. The molecule has 0 spiro atoms. The monoisotopic (exact) mass is 325 g/mol. The molecule has 1 aliphatic rings. The van der Waals surface area contributed by atoms with Crippen molar-refractivity contribution in [1.82, 2.24) is 9.88 Å². The van der Waals surface area contributed by atoms with Gasteiger partial charge in [-0.05, 0) is 26.3 Å². The van der Waals surface area contributed by atoms with E-state index in [4.69, 9.17) is 4.74 Å². The normalized spacial score (nSPS) is 19.4. The SMILES string of the molecule is CN(CC(=O)Nc1nc(C(C)(C)C)cs1)CC1CCCCO1. The molecule has 2 rings (SSSR count). The zero-order chi connectivity index (χ0) is 16.2. The van der Waals surface area contributed by atoms with E-state index in [1.165, 1.54) is 17.8 Å². The highest BCUT2D eigenvalue weighted by Gasteiger charge is 2.20. The molecule has 1 aromatic rings. The molecule has 6 heteroatoms. The summed E-state index contributed by atoms with van der Waals surface area (Å²) in [5, 5.41) is 5.58. The van der Waals surface area contributed by atoms with Gasteiger partial charge in [-0.1, -0.05) is 20.8 Å². The number of carbonyl (C=O) groups excluding carboxylic acids is 1. The van der Waals surface area contributed by atoms with Crippen LogP contribution in [0.2, 0.25) is 0 Å². The van der Waals surface area contributed by atoms with Crippen molar-refractivity contribution in [3.8, 4) is 0 Å². The van der Waals surface area contributed by atoms with Gasteiger partial charge in [0.1, 0.15) is 0 Å². The number of carbonyl (C=O) groups is 1. The lowest BCUT2D eigenvalue weighted by Gasteiger charge is -2.26. The highest BCUT2D eigenvalue weighted by Crippen LogP contribution is 2.26. The first kappa shape index (κ1) is 17.4. The fourth-order valence-electron chi connectivity index (χ4n) is 2.44. The third kappa shape index (κ3) is 5.34. The van der Waals surface area contributed by atoms with Crippen LogP contribution >= 0.6 is 11.3 Å². The summed E-state index contributed by atoms with van der Waals surface area (Å²) < 4.78 is 5.71. The van der Waals surface area contributed by atoms with Crippen LogP contribution in [0.4, 0.5) is 5.13 Å². The smallest absolute Gasteiger partial charge is 0.240 e. The van der Waals surface area contributed by atoms with Gasteiger partial charge >= 0.3 is 0 Å². The highest BCUT2D eigenvalue weighted by molar-refractivity contribution is 7.13. The Morgan fingerprint density at radius 2 is 2.27 bits per heavy atom. The summed E-state index contributed by atoms with van der Waals surface area (Å²) in [7, 11) is 1.96. The first-order valence-electron chi connectivity index (χ1n) is 7.90. The number of hydrogen-bond donors (Lipinski definition) is 1. The average molecular weight is 325 g/mol. The van der Waals surface area contributed by atoms with Crippen molar-refractivity contribution in [1.29, 1.82) is 0 Å². The molecule has 2 heterocycles. The minimum absolute atomic E-state index is 0.00852. The Hall–Kier alpha value is -0.980. The standard InChI is InChI=1S/C16H27N3O2S/c1-16(2,3)13-11-22-15(17-13)18-14(20)10-19(4)9-12-7-5-6-8-21-12/h11-12H,5-10H2,1-4H3,(H,17,18,20). The number of likely N-dealkylation sites (N-methyl/N-ethyl adjacent to an activating group) is 1. The number of rotatable bonds is 5. The molecule has 1 N–H and O–H groups in total. The second-order valence-corrected chi connectivity index (χ2v) is 7.88. The first-order chi connectivity index (χ1) is 10.3. The van der Waals surface area contributed by atoms with Gasteiger partial charge in [-0.2, -0.15) is 0 Å². The summed E-state index contributed by atoms with van der Waals surface area (Å²) in [5.41, 5.74) is 1.02. The molecule has 5 nitrogen and oxygen atoms in total. The Kier molecular flexibility index (Phi) is 5.94. The van der Waals surface area contributed by atoms with Crippen molar-refractivity contribution in [2.24, 2.45) is 0 Å². The summed E-state index contributed by atoms with van der Waals surface area (Å²) in [6, 6.07) is 0. The molecule has 0 aromatic carbocycles. The molecule has 1 amide bonds. The van der Waals surface area contributed by atoms with Gasteiger partial charge in [0, 0.05) is 23.9 Å². The van der Waals surface area contributed by atoms with Gasteiger partial charge in [0.05, 0.1) is 18.3 Å². The van der Waals surface area contributed by atoms with Gasteiger partial charge in [0.25, 0.3) is 0 Å². The van der Waals surface area contributed by atoms with Crippen molar-refractivity contribution in [2.75, 3.05) is 32.1 Å². The maximum atomic E-state index is 12.1. The minimum atomic E-state index is -0.0203. The summed E-state index contributed by atoms with van der Waals surface area (Å²) in [6.45, 7) is 8.37.